The molecule has 6 aromatic carbocycles. The first-order chi connectivity index (χ1) is 19.3. The van der Waals surface area contributed by atoms with E-state index in [-0.39, 0.29) is 0 Å². The van der Waals surface area contributed by atoms with Crippen LogP contribution in [0.3, 0.4) is 0 Å². The van der Waals surface area contributed by atoms with Crippen molar-refractivity contribution >= 4 is 75.3 Å². The second-order valence-corrected chi connectivity index (χ2v) is 11.2. The molecule has 0 saturated heterocycles. The summed E-state index contributed by atoms with van der Waals surface area (Å²) >= 11 is 1.86. The molecule has 39 heavy (non-hydrogen) atoms. The largest absolute Gasteiger partial charge is 0.456 e. The number of nitrogens with zero attached hydrogens (tertiary/aromatic N) is 1. The van der Waals surface area contributed by atoms with Crippen molar-refractivity contribution in [3.63, 3.8) is 0 Å². The van der Waals surface area contributed by atoms with Crippen LogP contribution in [-0.2, 0) is 0 Å². The number of thiophene rings is 1. The Morgan fingerprint density at radius 3 is 2.00 bits per heavy atom. The van der Waals surface area contributed by atoms with Gasteiger partial charge < -0.3 is 8.98 Å². The molecule has 3 aromatic heterocycles. The highest BCUT2D eigenvalue weighted by atomic mass is 32.1. The normalized spacial score (nSPS) is 12.1. The molecule has 0 atom stereocenters. The predicted molar refractivity (Wildman–Crippen MR) is 166 cm³/mol. The van der Waals surface area contributed by atoms with Crippen molar-refractivity contribution in [1.82, 2.24) is 4.57 Å². The number of aromatic nitrogens is 1. The Balaban J connectivity index is 1.27. The molecule has 0 bridgehead atoms. The lowest BCUT2D eigenvalue weighted by Crippen LogP contribution is -1.93. The third-order valence-corrected chi connectivity index (χ3v) is 9.14. The summed E-state index contributed by atoms with van der Waals surface area (Å²) in [5.41, 5.74) is 7.74. The number of para-hydroxylation sites is 2. The van der Waals surface area contributed by atoms with Crippen molar-refractivity contribution in [3.05, 3.63) is 127 Å². The Morgan fingerprint density at radius 2 is 1.18 bits per heavy atom. The molecule has 0 unspecified atom stereocenters. The topological polar surface area (TPSA) is 18.1 Å². The highest BCUT2D eigenvalue weighted by molar-refractivity contribution is 7.25. The Hall–Kier alpha value is -4.86. The van der Waals surface area contributed by atoms with Gasteiger partial charge in [0.25, 0.3) is 0 Å². The quantitative estimate of drug-likeness (QED) is 0.224. The van der Waals surface area contributed by atoms with E-state index in [1.807, 2.05) is 11.3 Å². The molecular weight excluding hydrogens is 494 g/mol. The summed E-state index contributed by atoms with van der Waals surface area (Å²) in [6.07, 6.45) is 0. The number of rotatable bonds is 2. The van der Waals surface area contributed by atoms with Gasteiger partial charge in [0.2, 0.25) is 0 Å². The zero-order valence-corrected chi connectivity index (χ0v) is 21.7. The number of benzene rings is 6. The van der Waals surface area contributed by atoms with Gasteiger partial charge in [0, 0.05) is 53.5 Å². The van der Waals surface area contributed by atoms with Crippen molar-refractivity contribution in [2.24, 2.45) is 0 Å². The van der Waals surface area contributed by atoms with E-state index in [0.29, 0.717) is 0 Å². The van der Waals surface area contributed by atoms with E-state index in [1.165, 1.54) is 58.5 Å². The highest BCUT2D eigenvalue weighted by Crippen LogP contribution is 2.41. The maximum Gasteiger partial charge on any atom is 0.137 e. The zero-order chi connectivity index (χ0) is 25.5. The van der Waals surface area contributed by atoms with Crippen molar-refractivity contribution in [2.75, 3.05) is 0 Å². The maximum absolute atomic E-state index is 6.50. The van der Waals surface area contributed by atoms with E-state index < -0.39 is 0 Å². The maximum atomic E-state index is 6.50. The fraction of sp³-hybridized carbons (Fsp3) is 0. The van der Waals surface area contributed by atoms with Crippen LogP contribution in [0.5, 0.6) is 0 Å². The van der Waals surface area contributed by atoms with Crippen LogP contribution in [0, 0.1) is 0 Å². The van der Waals surface area contributed by atoms with E-state index in [4.69, 9.17) is 4.42 Å². The van der Waals surface area contributed by atoms with Gasteiger partial charge in [-0.15, -0.1) is 11.3 Å². The Kier molecular flexibility index (Phi) is 4.24. The minimum Gasteiger partial charge on any atom is -0.456 e. The van der Waals surface area contributed by atoms with Crippen LogP contribution >= 0.6 is 11.3 Å². The van der Waals surface area contributed by atoms with Gasteiger partial charge in [-0.1, -0.05) is 78.9 Å². The Labute approximate surface area is 227 Å². The lowest BCUT2D eigenvalue weighted by molar-refractivity contribution is 0.668. The summed E-state index contributed by atoms with van der Waals surface area (Å²) in [5, 5.41) is 7.48. The molecule has 0 aliphatic carbocycles. The van der Waals surface area contributed by atoms with Crippen molar-refractivity contribution in [2.45, 2.75) is 0 Å². The summed E-state index contributed by atoms with van der Waals surface area (Å²) < 4.78 is 11.5. The van der Waals surface area contributed by atoms with Gasteiger partial charge in [-0.2, -0.15) is 0 Å². The monoisotopic (exact) mass is 515 g/mol. The van der Waals surface area contributed by atoms with E-state index >= 15 is 0 Å². The SMILES string of the molecule is c1cc(-c2ccc3c(c2)sc2ccccc23)c2c(c1)oc1cc(-n3c4ccccc4c4ccccc43)ccc12. The van der Waals surface area contributed by atoms with Crippen LogP contribution in [0.4, 0.5) is 0 Å². The van der Waals surface area contributed by atoms with Gasteiger partial charge in [-0.05, 0) is 53.6 Å². The van der Waals surface area contributed by atoms with Crippen LogP contribution in [0.1, 0.15) is 0 Å². The molecular formula is C36H21NOS. The average molecular weight is 516 g/mol. The first-order valence-corrected chi connectivity index (χ1v) is 14.0. The van der Waals surface area contributed by atoms with Crippen LogP contribution < -0.4 is 0 Å². The summed E-state index contributed by atoms with van der Waals surface area (Å²) in [7, 11) is 0. The number of hydrogen-bond donors (Lipinski definition) is 0. The standard InChI is InChI=1S/C36H21NOS/c1-4-12-30-25(8-1)26-9-2-5-13-31(26)37(30)23-17-19-29-33(21-23)38-32-14-7-11-24(36(29)32)22-16-18-28-27-10-3-6-15-34(27)39-35(28)20-22/h1-21H. The number of hydrogen-bond acceptors (Lipinski definition) is 2. The van der Waals surface area contributed by atoms with Crippen LogP contribution in [0.2, 0.25) is 0 Å². The molecule has 0 aliphatic rings. The molecule has 0 N–H and O–H groups in total. The zero-order valence-electron chi connectivity index (χ0n) is 20.9. The fourth-order valence-corrected chi connectivity index (χ4v) is 7.43. The molecule has 0 radical (unpaired) electrons. The Morgan fingerprint density at radius 1 is 0.487 bits per heavy atom. The first-order valence-electron chi connectivity index (χ1n) is 13.2. The van der Waals surface area contributed by atoms with E-state index in [0.717, 1.165) is 22.2 Å². The van der Waals surface area contributed by atoms with E-state index in [1.54, 1.807) is 0 Å². The summed E-state index contributed by atoms with van der Waals surface area (Å²) in [6.45, 7) is 0. The number of furan rings is 1. The highest BCUT2D eigenvalue weighted by Gasteiger charge is 2.16. The molecule has 0 saturated carbocycles. The van der Waals surface area contributed by atoms with Crippen molar-refractivity contribution < 1.29 is 4.42 Å². The third kappa shape index (κ3) is 2.96. The minimum absolute atomic E-state index is 0.903. The first kappa shape index (κ1) is 21.1. The summed E-state index contributed by atoms with van der Waals surface area (Å²) in [6, 6.07) is 45.8. The van der Waals surface area contributed by atoms with Gasteiger partial charge in [0.1, 0.15) is 11.2 Å². The molecule has 182 valence electrons. The van der Waals surface area contributed by atoms with E-state index in [2.05, 4.69) is 132 Å². The van der Waals surface area contributed by atoms with E-state index in [9.17, 15) is 0 Å². The van der Waals surface area contributed by atoms with Crippen LogP contribution in [0.15, 0.2) is 132 Å². The van der Waals surface area contributed by atoms with Gasteiger partial charge >= 0.3 is 0 Å². The van der Waals surface area contributed by atoms with Gasteiger partial charge in [0.15, 0.2) is 0 Å². The molecule has 9 rings (SSSR count). The predicted octanol–water partition coefficient (Wildman–Crippen LogP) is 10.7. The molecule has 2 nitrogen and oxygen atoms in total. The van der Waals surface area contributed by atoms with Gasteiger partial charge in [0.05, 0.1) is 11.0 Å². The lowest BCUT2D eigenvalue weighted by Gasteiger charge is -2.08. The van der Waals surface area contributed by atoms with Crippen molar-refractivity contribution in [3.8, 4) is 16.8 Å². The molecule has 0 fully saturated rings. The van der Waals surface area contributed by atoms with Crippen molar-refractivity contribution in [1.29, 1.82) is 0 Å². The molecule has 0 aliphatic heterocycles. The molecule has 3 heteroatoms. The summed E-state index contributed by atoms with van der Waals surface area (Å²) in [4.78, 5) is 0. The molecule has 0 spiro atoms. The minimum atomic E-state index is 0.903. The fourth-order valence-electron chi connectivity index (χ4n) is 6.29. The number of fused-ring (bicyclic) bond motifs is 9. The molecule has 0 amide bonds. The Bertz CT molecular complexity index is 2350. The van der Waals surface area contributed by atoms with Crippen LogP contribution in [0.25, 0.3) is 80.7 Å². The second kappa shape index (κ2) is 7.83. The van der Waals surface area contributed by atoms with Gasteiger partial charge in [-0.25, -0.2) is 0 Å². The summed E-state index contributed by atoms with van der Waals surface area (Å²) in [5.74, 6) is 0. The lowest BCUT2D eigenvalue weighted by atomic mass is 9.98. The second-order valence-electron chi connectivity index (χ2n) is 10.1. The van der Waals surface area contributed by atoms with Crippen LogP contribution in [-0.4, -0.2) is 4.57 Å². The van der Waals surface area contributed by atoms with Gasteiger partial charge in [-0.3, -0.25) is 0 Å². The third-order valence-electron chi connectivity index (χ3n) is 8.01. The average Bonchev–Trinajstić information content (AvgIpc) is 3.65. The smallest absolute Gasteiger partial charge is 0.137 e. The molecule has 9 aromatic rings. The molecule has 3 heterocycles.